The average Bonchev–Trinajstić information content (AvgIpc) is 2.67. The van der Waals surface area contributed by atoms with Gasteiger partial charge in [-0.25, -0.2) is 0 Å². The molecule has 0 radical (unpaired) electrons. The van der Waals surface area contributed by atoms with Gasteiger partial charge in [0.15, 0.2) is 5.78 Å². The molecule has 1 atom stereocenters. The molecule has 3 heteroatoms. The van der Waals surface area contributed by atoms with Gasteiger partial charge in [0.25, 0.3) is 0 Å². The molecule has 1 aromatic carbocycles. The predicted molar refractivity (Wildman–Crippen MR) is 81.8 cm³/mol. The Kier molecular flexibility index (Phi) is 2.72. The van der Waals surface area contributed by atoms with Crippen molar-refractivity contribution < 1.29 is 4.79 Å². The first-order valence-corrected chi connectivity index (χ1v) is 7.68. The van der Waals surface area contributed by atoms with E-state index in [1.165, 1.54) is 0 Å². The summed E-state index contributed by atoms with van der Waals surface area (Å²) in [5.41, 5.74) is 1.53. The van der Waals surface area contributed by atoms with Crippen LogP contribution in [-0.2, 0) is 10.2 Å². The van der Waals surface area contributed by atoms with E-state index in [2.05, 4.69) is 26.0 Å². The number of aliphatic imine (C=N–C) groups is 1. The number of rotatable bonds is 0. The summed E-state index contributed by atoms with van der Waals surface area (Å²) in [6.45, 7) is 4.21. The number of fused-ring (bicyclic) bond motifs is 2. The van der Waals surface area contributed by atoms with Gasteiger partial charge in [-0.1, -0.05) is 30.3 Å². The molecule has 0 unspecified atom stereocenters. The van der Waals surface area contributed by atoms with Crippen molar-refractivity contribution in [2.45, 2.75) is 31.2 Å². The predicted octanol–water partition coefficient (Wildman–Crippen LogP) is 3.46. The molecular formula is C16H17NOS. The molecule has 0 bridgehead atoms. The lowest BCUT2D eigenvalue weighted by atomic mass is 9.68. The second kappa shape index (κ2) is 4.07. The highest BCUT2D eigenvalue weighted by atomic mass is 32.2. The number of carbonyl (C=O) groups is 1. The number of thioether (sulfide) groups is 1. The van der Waals surface area contributed by atoms with Crippen LogP contribution in [0.1, 0.15) is 31.4 Å². The minimum atomic E-state index is -0.547. The Labute approximate surface area is 118 Å². The van der Waals surface area contributed by atoms with Crippen molar-refractivity contribution in [1.29, 1.82) is 0 Å². The van der Waals surface area contributed by atoms with E-state index in [4.69, 9.17) is 4.99 Å². The van der Waals surface area contributed by atoms with Gasteiger partial charge < -0.3 is 0 Å². The van der Waals surface area contributed by atoms with Crippen LogP contribution in [0.15, 0.2) is 35.3 Å². The first-order valence-electron chi connectivity index (χ1n) is 6.46. The van der Waals surface area contributed by atoms with Gasteiger partial charge in [-0.2, -0.15) is 0 Å². The van der Waals surface area contributed by atoms with Crippen LogP contribution in [-0.4, -0.2) is 22.6 Å². The van der Waals surface area contributed by atoms with Gasteiger partial charge in [-0.3, -0.25) is 9.79 Å². The second-order valence-corrected chi connectivity index (χ2v) is 6.60. The lowest BCUT2D eigenvalue weighted by Gasteiger charge is -2.33. The molecule has 1 aromatic rings. The van der Waals surface area contributed by atoms with E-state index >= 15 is 0 Å². The van der Waals surface area contributed by atoms with E-state index in [-0.39, 0.29) is 11.3 Å². The van der Waals surface area contributed by atoms with Gasteiger partial charge in [-0.15, -0.1) is 11.8 Å². The Hall–Kier alpha value is -1.35. The molecule has 19 heavy (non-hydrogen) atoms. The van der Waals surface area contributed by atoms with Crippen LogP contribution in [0, 0.1) is 0 Å². The summed E-state index contributed by atoms with van der Waals surface area (Å²) in [4.78, 5) is 17.4. The fourth-order valence-corrected chi connectivity index (χ4v) is 4.20. The van der Waals surface area contributed by atoms with Gasteiger partial charge in [0, 0.05) is 0 Å². The molecule has 3 rings (SSSR count). The normalized spacial score (nSPS) is 27.5. The molecule has 1 aliphatic heterocycles. The Morgan fingerprint density at radius 2 is 1.95 bits per heavy atom. The summed E-state index contributed by atoms with van der Waals surface area (Å²) >= 11 is 1.60. The number of nitrogens with zero attached hydrogens (tertiary/aromatic N) is 1. The topological polar surface area (TPSA) is 29.4 Å². The average molecular weight is 271 g/mol. The molecule has 1 aliphatic carbocycles. The van der Waals surface area contributed by atoms with Gasteiger partial charge in [0.2, 0.25) is 0 Å². The van der Waals surface area contributed by atoms with E-state index < -0.39 is 5.41 Å². The lowest BCUT2D eigenvalue weighted by molar-refractivity contribution is -0.117. The Morgan fingerprint density at radius 1 is 1.21 bits per heavy atom. The monoisotopic (exact) mass is 271 g/mol. The molecule has 1 spiro atoms. The van der Waals surface area contributed by atoms with E-state index in [0.717, 1.165) is 22.6 Å². The van der Waals surface area contributed by atoms with E-state index in [9.17, 15) is 4.79 Å². The van der Waals surface area contributed by atoms with Crippen LogP contribution in [0.4, 0.5) is 0 Å². The van der Waals surface area contributed by atoms with Gasteiger partial charge >= 0.3 is 0 Å². The molecule has 2 aliphatic rings. The Bertz CT molecular complexity index is 615. The van der Waals surface area contributed by atoms with Crippen molar-refractivity contribution >= 4 is 28.7 Å². The lowest BCUT2D eigenvalue weighted by Crippen LogP contribution is -2.42. The minimum Gasteiger partial charge on any atom is -0.293 e. The van der Waals surface area contributed by atoms with Crippen molar-refractivity contribution in [2.75, 3.05) is 6.26 Å². The van der Waals surface area contributed by atoms with Crippen molar-refractivity contribution in [3.05, 3.63) is 41.5 Å². The third-order valence-corrected chi connectivity index (χ3v) is 4.74. The molecule has 0 amide bonds. The van der Waals surface area contributed by atoms with Crippen LogP contribution in [0.25, 0.3) is 6.08 Å². The minimum absolute atomic E-state index is 0.171. The van der Waals surface area contributed by atoms with Crippen LogP contribution in [0.2, 0.25) is 0 Å². The van der Waals surface area contributed by atoms with Gasteiger partial charge in [-0.05, 0) is 43.7 Å². The van der Waals surface area contributed by atoms with E-state index in [1.54, 1.807) is 17.8 Å². The maximum absolute atomic E-state index is 12.7. The molecule has 1 heterocycles. The third-order valence-electron chi connectivity index (χ3n) is 3.92. The van der Waals surface area contributed by atoms with Crippen LogP contribution in [0.5, 0.6) is 0 Å². The summed E-state index contributed by atoms with van der Waals surface area (Å²) in [5.74, 6) is 0.171. The number of ketones is 1. The number of carbonyl (C=O) groups excluding carboxylic acids is 1. The first-order chi connectivity index (χ1) is 8.99. The summed E-state index contributed by atoms with van der Waals surface area (Å²) in [6, 6.07) is 8.17. The van der Waals surface area contributed by atoms with Crippen molar-refractivity contribution in [3.8, 4) is 0 Å². The zero-order valence-corrected chi connectivity index (χ0v) is 12.3. The summed E-state index contributed by atoms with van der Waals surface area (Å²) in [5, 5.41) is 0.958. The zero-order chi connectivity index (χ0) is 13.7. The SMILES string of the molecule is CSC1=NC(C)(C)C[C@]12C(=O)C=Cc1ccccc12. The van der Waals surface area contributed by atoms with Crippen molar-refractivity contribution in [3.63, 3.8) is 0 Å². The fraction of sp³-hybridized carbons (Fsp3) is 0.375. The number of hydrogen-bond donors (Lipinski definition) is 0. The number of allylic oxidation sites excluding steroid dienone is 1. The standard InChI is InChI=1S/C16H17NOS/c1-15(2)10-16(14(17-15)19-3)12-7-5-4-6-11(12)8-9-13(16)18/h4-9H,10H2,1-3H3/t16-/m0/s1. The summed E-state index contributed by atoms with van der Waals surface area (Å²) in [7, 11) is 0. The molecule has 0 N–H and O–H groups in total. The van der Waals surface area contributed by atoms with Crippen LogP contribution < -0.4 is 0 Å². The zero-order valence-electron chi connectivity index (χ0n) is 11.4. The van der Waals surface area contributed by atoms with Crippen molar-refractivity contribution in [2.24, 2.45) is 4.99 Å². The van der Waals surface area contributed by atoms with E-state index in [0.29, 0.717) is 0 Å². The summed E-state index contributed by atoms with van der Waals surface area (Å²) in [6.07, 6.45) is 6.41. The second-order valence-electron chi connectivity index (χ2n) is 5.80. The molecule has 0 fully saturated rings. The van der Waals surface area contributed by atoms with Gasteiger partial charge in [0.05, 0.1) is 10.6 Å². The molecule has 98 valence electrons. The highest BCUT2D eigenvalue weighted by molar-refractivity contribution is 8.13. The van der Waals surface area contributed by atoms with Crippen LogP contribution >= 0.6 is 11.8 Å². The fourth-order valence-electron chi connectivity index (χ4n) is 3.23. The number of benzene rings is 1. The molecular weight excluding hydrogens is 254 g/mol. The first kappa shape index (κ1) is 12.7. The number of hydrogen-bond acceptors (Lipinski definition) is 3. The Morgan fingerprint density at radius 3 is 2.68 bits per heavy atom. The maximum Gasteiger partial charge on any atom is 0.172 e. The van der Waals surface area contributed by atoms with E-state index in [1.807, 2.05) is 24.5 Å². The highest BCUT2D eigenvalue weighted by Gasteiger charge is 2.53. The molecule has 0 saturated heterocycles. The molecule has 2 nitrogen and oxygen atoms in total. The van der Waals surface area contributed by atoms with Crippen molar-refractivity contribution in [1.82, 2.24) is 0 Å². The molecule has 0 saturated carbocycles. The summed E-state index contributed by atoms with van der Waals surface area (Å²) < 4.78 is 0. The smallest absolute Gasteiger partial charge is 0.172 e. The highest BCUT2D eigenvalue weighted by Crippen LogP contribution is 2.48. The quantitative estimate of drug-likeness (QED) is 0.723. The maximum atomic E-state index is 12.7. The third kappa shape index (κ3) is 1.71. The van der Waals surface area contributed by atoms with Gasteiger partial charge in [0.1, 0.15) is 5.41 Å². The van der Waals surface area contributed by atoms with Crippen LogP contribution in [0.3, 0.4) is 0 Å². The largest absolute Gasteiger partial charge is 0.293 e. The Balaban J connectivity index is 2.27. The molecule has 0 aromatic heterocycles.